The van der Waals surface area contributed by atoms with Crippen molar-refractivity contribution in [3.8, 4) is 0 Å². The first-order valence-electron chi connectivity index (χ1n) is 8.24. The molecule has 23 heavy (non-hydrogen) atoms. The van der Waals surface area contributed by atoms with Gasteiger partial charge in [-0.25, -0.2) is 4.79 Å². The first-order chi connectivity index (χ1) is 10.9. The molecule has 2 amide bonds. The van der Waals surface area contributed by atoms with E-state index in [-0.39, 0.29) is 18.1 Å². The Labute approximate surface area is 136 Å². The van der Waals surface area contributed by atoms with E-state index in [9.17, 15) is 9.59 Å². The van der Waals surface area contributed by atoms with Gasteiger partial charge in [0, 0.05) is 5.54 Å². The minimum absolute atomic E-state index is 0.228. The van der Waals surface area contributed by atoms with Crippen LogP contribution in [0.4, 0.5) is 4.79 Å². The quantitative estimate of drug-likeness (QED) is 0.896. The van der Waals surface area contributed by atoms with Crippen molar-refractivity contribution in [2.75, 3.05) is 0 Å². The van der Waals surface area contributed by atoms with Crippen LogP contribution in [-0.4, -0.2) is 17.5 Å². The average Bonchev–Trinajstić information content (AvgIpc) is 2.77. The molecule has 0 heterocycles. The molecule has 0 aromatic heterocycles. The number of aryl methyl sites for hydroxylation is 1. The largest absolute Gasteiger partial charge is 0.445 e. The van der Waals surface area contributed by atoms with E-state index < -0.39 is 11.5 Å². The summed E-state index contributed by atoms with van der Waals surface area (Å²) in [6.45, 7) is 2.26. The maximum atomic E-state index is 12.2. The zero-order valence-electron chi connectivity index (χ0n) is 13.6. The maximum absolute atomic E-state index is 12.2. The SMILES string of the molecule is Cc1cccc(COC(=O)NC23CCCC(C(N)=O)(CC2)C3)c1. The highest BCUT2D eigenvalue weighted by atomic mass is 16.5. The summed E-state index contributed by atoms with van der Waals surface area (Å²) in [5.74, 6) is -0.228. The number of ether oxygens (including phenoxy) is 1. The standard InChI is InChI=1S/C18H24N2O3/c1-13-4-2-5-14(10-13)11-23-16(22)20-18-7-3-6-17(12-18,8-9-18)15(19)21/h2,4-5,10H,3,6-9,11-12H2,1H3,(H2,19,21)(H,20,22). The number of carbonyl (C=O) groups is 2. The second-order valence-corrected chi connectivity index (χ2v) is 7.15. The van der Waals surface area contributed by atoms with Crippen molar-refractivity contribution < 1.29 is 14.3 Å². The van der Waals surface area contributed by atoms with Crippen LogP contribution < -0.4 is 11.1 Å². The lowest BCUT2D eigenvalue weighted by molar-refractivity contribution is -0.128. The molecule has 0 saturated heterocycles. The number of nitrogens with one attached hydrogen (secondary N) is 1. The molecule has 2 aliphatic rings. The van der Waals surface area contributed by atoms with Gasteiger partial charge in [0.15, 0.2) is 0 Å². The summed E-state index contributed by atoms with van der Waals surface area (Å²) < 4.78 is 5.36. The Morgan fingerprint density at radius 3 is 2.83 bits per heavy atom. The first-order valence-corrected chi connectivity index (χ1v) is 8.24. The Kier molecular flexibility index (Phi) is 4.04. The number of benzene rings is 1. The van der Waals surface area contributed by atoms with Crippen LogP contribution in [0, 0.1) is 12.3 Å². The first kappa shape index (κ1) is 15.8. The monoisotopic (exact) mass is 316 g/mol. The fraction of sp³-hybridized carbons (Fsp3) is 0.556. The van der Waals surface area contributed by atoms with Crippen LogP contribution in [0.3, 0.4) is 0 Å². The Bertz CT molecular complexity index is 630. The second kappa shape index (κ2) is 5.87. The van der Waals surface area contributed by atoms with Crippen molar-refractivity contribution in [2.45, 2.75) is 57.6 Å². The van der Waals surface area contributed by atoms with Crippen LogP contribution in [0.5, 0.6) is 0 Å². The molecule has 3 rings (SSSR count). The summed E-state index contributed by atoms with van der Waals surface area (Å²) in [7, 11) is 0. The van der Waals surface area contributed by atoms with E-state index in [0.29, 0.717) is 6.42 Å². The average molecular weight is 316 g/mol. The van der Waals surface area contributed by atoms with E-state index in [2.05, 4.69) is 5.32 Å². The number of primary amides is 1. The molecule has 2 saturated carbocycles. The summed E-state index contributed by atoms with van der Waals surface area (Å²) in [6.07, 6.45) is 4.45. The zero-order chi connectivity index (χ0) is 16.5. The summed E-state index contributed by atoms with van der Waals surface area (Å²) in [5, 5.41) is 3.02. The molecule has 2 fully saturated rings. The van der Waals surface area contributed by atoms with Crippen molar-refractivity contribution in [3.05, 3.63) is 35.4 Å². The molecule has 2 atom stereocenters. The minimum Gasteiger partial charge on any atom is -0.445 e. The Morgan fingerprint density at radius 1 is 1.26 bits per heavy atom. The lowest BCUT2D eigenvalue weighted by Crippen LogP contribution is -2.51. The molecule has 2 unspecified atom stereocenters. The van der Waals surface area contributed by atoms with E-state index in [4.69, 9.17) is 10.5 Å². The summed E-state index contributed by atoms with van der Waals surface area (Å²) >= 11 is 0. The number of alkyl carbamates (subject to hydrolysis) is 1. The number of hydrogen-bond acceptors (Lipinski definition) is 3. The lowest BCUT2D eigenvalue weighted by Gasteiger charge is -2.38. The molecule has 5 nitrogen and oxygen atoms in total. The van der Waals surface area contributed by atoms with E-state index in [1.165, 1.54) is 0 Å². The van der Waals surface area contributed by atoms with E-state index in [0.717, 1.165) is 43.2 Å². The van der Waals surface area contributed by atoms with Crippen molar-refractivity contribution >= 4 is 12.0 Å². The van der Waals surface area contributed by atoms with Gasteiger partial charge < -0.3 is 15.8 Å². The highest BCUT2D eigenvalue weighted by Gasteiger charge is 2.54. The van der Waals surface area contributed by atoms with Gasteiger partial charge in [-0.15, -0.1) is 0 Å². The topological polar surface area (TPSA) is 81.4 Å². The molecule has 0 spiro atoms. The van der Waals surface area contributed by atoms with Crippen molar-refractivity contribution in [2.24, 2.45) is 11.1 Å². The van der Waals surface area contributed by atoms with E-state index in [1.54, 1.807) is 0 Å². The van der Waals surface area contributed by atoms with E-state index >= 15 is 0 Å². The van der Waals surface area contributed by atoms with Crippen molar-refractivity contribution in [1.29, 1.82) is 0 Å². The highest BCUT2D eigenvalue weighted by Crippen LogP contribution is 2.53. The van der Waals surface area contributed by atoms with Gasteiger partial charge in [-0.1, -0.05) is 36.2 Å². The fourth-order valence-corrected chi connectivity index (χ4v) is 4.20. The number of nitrogens with two attached hydrogens (primary N) is 1. The predicted molar refractivity (Wildman–Crippen MR) is 86.6 cm³/mol. The molecule has 5 heteroatoms. The van der Waals surface area contributed by atoms with Gasteiger partial charge in [-0.2, -0.15) is 0 Å². The van der Waals surface area contributed by atoms with Crippen molar-refractivity contribution in [1.82, 2.24) is 5.32 Å². The van der Waals surface area contributed by atoms with Crippen LogP contribution in [0.15, 0.2) is 24.3 Å². The van der Waals surface area contributed by atoms with Crippen LogP contribution in [0.2, 0.25) is 0 Å². The zero-order valence-corrected chi connectivity index (χ0v) is 13.6. The molecule has 2 aliphatic carbocycles. The van der Waals surface area contributed by atoms with Crippen LogP contribution >= 0.6 is 0 Å². The molecule has 0 aliphatic heterocycles. The summed E-state index contributed by atoms with van der Waals surface area (Å²) in [5.41, 5.74) is 6.95. The van der Waals surface area contributed by atoms with Gasteiger partial charge in [-0.05, 0) is 44.6 Å². The molecule has 124 valence electrons. The predicted octanol–water partition coefficient (Wildman–Crippen LogP) is 2.80. The number of rotatable bonds is 4. The molecule has 1 aromatic rings. The molecule has 0 radical (unpaired) electrons. The number of hydrogen-bond donors (Lipinski definition) is 2. The Balaban J connectivity index is 1.59. The highest BCUT2D eigenvalue weighted by molar-refractivity contribution is 5.82. The van der Waals surface area contributed by atoms with Gasteiger partial charge in [0.1, 0.15) is 6.61 Å². The third-order valence-corrected chi connectivity index (χ3v) is 5.41. The van der Waals surface area contributed by atoms with Gasteiger partial charge in [0.05, 0.1) is 5.41 Å². The second-order valence-electron chi connectivity index (χ2n) is 7.15. The van der Waals surface area contributed by atoms with Crippen LogP contribution in [-0.2, 0) is 16.1 Å². The van der Waals surface area contributed by atoms with Gasteiger partial charge >= 0.3 is 6.09 Å². The molecular weight excluding hydrogens is 292 g/mol. The van der Waals surface area contributed by atoms with Gasteiger partial charge in [0.2, 0.25) is 5.91 Å². The normalized spacial score (nSPS) is 29.1. The van der Waals surface area contributed by atoms with Crippen LogP contribution in [0.25, 0.3) is 0 Å². The van der Waals surface area contributed by atoms with Crippen molar-refractivity contribution in [3.63, 3.8) is 0 Å². The Hall–Kier alpha value is -2.04. The smallest absolute Gasteiger partial charge is 0.407 e. The molecule has 3 N–H and O–H groups in total. The molecular formula is C18H24N2O3. The third-order valence-electron chi connectivity index (χ3n) is 5.41. The minimum atomic E-state index is -0.428. The lowest BCUT2D eigenvalue weighted by atomic mass is 9.72. The molecule has 1 aromatic carbocycles. The number of fused-ring (bicyclic) bond motifs is 2. The summed E-state index contributed by atoms with van der Waals surface area (Å²) in [6, 6.07) is 7.89. The third kappa shape index (κ3) is 3.19. The van der Waals surface area contributed by atoms with Gasteiger partial charge in [0.25, 0.3) is 0 Å². The fourth-order valence-electron chi connectivity index (χ4n) is 4.20. The molecule has 2 bridgehead atoms. The summed E-state index contributed by atoms with van der Waals surface area (Å²) in [4.78, 5) is 24.0. The maximum Gasteiger partial charge on any atom is 0.407 e. The number of carbonyl (C=O) groups excluding carboxylic acids is 2. The van der Waals surface area contributed by atoms with Gasteiger partial charge in [-0.3, -0.25) is 4.79 Å². The number of amides is 2. The Morgan fingerprint density at radius 2 is 2.09 bits per heavy atom. The van der Waals surface area contributed by atoms with E-state index in [1.807, 2.05) is 31.2 Å². The van der Waals surface area contributed by atoms with Crippen LogP contribution in [0.1, 0.15) is 49.7 Å².